The van der Waals surface area contributed by atoms with Crippen LogP contribution in [0.15, 0.2) is 37.1 Å². The Balaban J connectivity index is 2.48. The summed E-state index contributed by atoms with van der Waals surface area (Å²) in [5.41, 5.74) is 1.81. The van der Waals surface area contributed by atoms with Gasteiger partial charge in [0, 0.05) is 6.92 Å². The van der Waals surface area contributed by atoms with Crippen molar-refractivity contribution in [3.05, 3.63) is 48.2 Å². The van der Waals surface area contributed by atoms with Crippen LogP contribution in [0, 0.1) is 0 Å². The van der Waals surface area contributed by atoms with Crippen LogP contribution in [-0.2, 0) is 32.3 Å². The summed E-state index contributed by atoms with van der Waals surface area (Å²) in [5.74, 6) is -1.41. The van der Waals surface area contributed by atoms with Crippen molar-refractivity contribution < 1.29 is 19.1 Å². The molecule has 4 nitrogen and oxygen atoms in total. The van der Waals surface area contributed by atoms with Crippen molar-refractivity contribution in [3.8, 4) is 0 Å². The van der Waals surface area contributed by atoms with Gasteiger partial charge in [-0.15, -0.1) is 0 Å². The molecule has 0 aliphatic carbocycles. The second-order valence-corrected chi connectivity index (χ2v) is 3.43. The van der Waals surface area contributed by atoms with Gasteiger partial charge in [0.15, 0.2) is 0 Å². The first-order valence-electron chi connectivity index (χ1n) is 5.11. The molecule has 0 bridgehead atoms. The van der Waals surface area contributed by atoms with Crippen LogP contribution in [0.5, 0.6) is 0 Å². The summed E-state index contributed by atoms with van der Waals surface area (Å²) in [7, 11) is 0. The van der Waals surface area contributed by atoms with Gasteiger partial charge in [0.25, 0.3) is 0 Å². The van der Waals surface area contributed by atoms with Crippen molar-refractivity contribution in [1.29, 1.82) is 0 Å². The summed E-state index contributed by atoms with van der Waals surface area (Å²) in [6, 6.07) is 7.35. The second-order valence-electron chi connectivity index (χ2n) is 3.43. The highest BCUT2D eigenvalue weighted by atomic mass is 16.5. The number of Topliss-reactive ketones (excluding diaryl/α,β-unsaturated/α-hetero) is 1. The van der Waals surface area contributed by atoms with Gasteiger partial charge in [0.1, 0.15) is 13.2 Å². The van der Waals surface area contributed by atoms with Crippen molar-refractivity contribution >= 4 is 11.8 Å². The van der Waals surface area contributed by atoms with E-state index < -0.39 is 11.8 Å². The van der Waals surface area contributed by atoms with Crippen LogP contribution < -0.4 is 0 Å². The van der Waals surface area contributed by atoms with Gasteiger partial charge in [-0.05, 0) is 11.1 Å². The number of benzene rings is 1. The molecule has 17 heavy (non-hydrogen) atoms. The molecular formula is C13H14O4. The monoisotopic (exact) mass is 234 g/mol. The molecule has 0 aliphatic rings. The van der Waals surface area contributed by atoms with Crippen LogP contribution in [0.25, 0.3) is 0 Å². The maximum absolute atomic E-state index is 10.9. The molecule has 4 heteroatoms. The van der Waals surface area contributed by atoms with E-state index >= 15 is 0 Å². The van der Waals surface area contributed by atoms with E-state index in [1.807, 2.05) is 24.3 Å². The number of ether oxygens (including phenoxy) is 2. The van der Waals surface area contributed by atoms with Gasteiger partial charge in [-0.2, -0.15) is 0 Å². The van der Waals surface area contributed by atoms with Gasteiger partial charge in [-0.25, -0.2) is 4.79 Å². The highest BCUT2D eigenvalue weighted by molar-refractivity contribution is 6.32. The molecule has 0 N–H and O–H groups in total. The normalized spacial score (nSPS) is 9.47. The molecule has 0 aromatic heterocycles. The molecule has 0 radical (unpaired) electrons. The number of esters is 1. The van der Waals surface area contributed by atoms with E-state index in [0.29, 0.717) is 6.61 Å². The van der Waals surface area contributed by atoms with Crippen LogP contribution in [0.4, 0.5) is 0 Å². The maximum Gasteiger partial charge on any atom is 0.374 e. The molecule has 1 aromatic rings. The number of hydrogen-bond donors (Lipinski definition) is 0. The van der Waals surface area contributed by atoms with E-state index in [4.69, 9.17) is 9.47 Å². The molecule has 90 valence electrons. The summed E-state index contributed by atoms with van der Waals surface area (Å²) in [5, 5.41) is 0. The molecule has 0 heterocycles. The predicted octanol–water partition coefficient (Wildman–Crippen LogP) is 1.98. The van der Waals surface area contributed by atoms with Crippen molar-refractivity contribution in [3.63, 3.8) is 0 Å². The van der Waals surface area contributed by atoms with E-state index in [1.54, 1.807) is 0 Å². The zero-order valence-electron chi connectivity index (χ0n) is 9.64. The topological polar surface area (TPSA) is 52.6 Å². The first-order valence-corrected chi connectivity index (χ1v) is 5.11. The number of ketones is 1. The van der Waals surface area contributed by atoms with Gasteiger partial charge in [-0.1, -0.05) is 30.8 Å². The Bertz CT molecular complexity index is 406. The molecule has 0 aliphatic heterocycles. The number of carbonyl (C=O) groups excluding carboxylic acids is 2. The zero-order chi connectivity index (χ0) is 12.7. The van der Waals surface area contributed by atoms with Gasteiger partial charge in [-0.3, -0.25) is 4.79 Å². The molecule has 0 spiro atoms. The molecule has 0 saturated carbocycles. The fraction of sp³-hybridized carbons (Fsp3) is 0.231. The third-order valence-corrected chi connectivity index (χ3v) is 2.05. The number of hydrogen-bond acceptors (Lipinski definition) is 4. The average molecular weight is 234 g/mol. The first-order chi connectivity index (χ1) is 8.13. The second kappa shape index (κ2) is 6.48. The van der Waals surface area contributed by atoms with Crippen molar-refractivity contribution in [2.75, 3.05) is 0 Å². The van der Waals surface area contributed by atoms with E-state index in [1.165, 1.54) is 13.2 Å². The van der Waals surface area contributed by atoms with Crippen LogP contribution in [0.1, 0.15) is 18.1 Å². The van der Waals surface area contributed by atoms with E-state index in [9.17, 15) is 9.59 Å². The molecule has 0 amide bonds. The molecule has 1 aromatic carbocycles. The van der Waals surface area contributed by atoms with Gasteiger partial charge < -0.3 is 9.47 Å². The maximum atomic E-state index is 10.9. The van der Waals surface area contributed by atoms with Crippen LogP contribution >= 0.6 is 0 Å². The fourth-order valence-corrected chi connectivity index (χ4v) is 1.14. The average Bonchev–Trinajstić information content (AvgIpc) is 2.34. The molecule has 0 unspecified atom stereocenters. The third kappa shape index (κ3) is 4.51. The Labute approximate surface area is 99.8 Å². The Hall–Kier alpha value is -2.10. The Morgan fingerprint density at radius 1 is 1.18 bits per heavy atom. The van der Waals surface area contributed by atoms with Gasteiger partial charge in [0.05, 0.1) is 6.26 Å². The fourth-order valence-electron chi connectivity index (χ4n) is 1.14. The Morgan fingerprint density at radius 3 is 2.18 bits per heavy atom. The lowest BCUT2D eigenvalue weighted by Crippen LogP contribution is -2.13. The van der Waals surface area contributed by atoms with Crippen LogP contribution in [0.2, 0.25) is 0 Å². The molecular weight excluding hydrogens is 220 g/mol. The van der Waals surface area contributed by atoms with Gasteiger partial charge in [0.2, 0.25) is 5.78 Å². The standard InChI is InChI=1S/C13H14O4/c1-3-16-8-11-4-6-12(7-5-11)9-17-13(15)10(2)14/h3-7H,1,8-9H2,2H3. The van der Waals surface area contributed by atoms with Crippen LogP contribution in [-0.4, -0.2) is 11.8 Å². The first kappa shape index (κ1) is 13.0. The number of carbonyl (C=O) groups is 2. The van der Waals surface area contributed by atoms with E-state index in [2.05, 4.69) is 6.58 Å². The quantitative estimate of drug-likeness (QED) is 0.429. The van der Waals surface area contributed by atoms with Gasteiger partial charge >= 0.3 is 5.97 Å². The minimum Gasteiger partial charge on any atom is -0.497 e. The number of rotatable bonds is 6. The summed E-state index contributed by atoms with van der Waals surface area (Å²) in [6.45, 7) is 5.18. The predicted molar refractivity (Wildman–Crippen MR) is 61.9 cm³/mol. The van der Waals surface area contributed by atoms with E-state index in [0.717, 1.165) is 11.1 Å². The Morgan fingerprint density at radius 2 is 1.71 bits per heavy atom. The summed E-state index contributed by atoms with van der Waals surface area (Å²) in [4.78, 5) is 21.6. The lowest BCUT2D eigenvalue weighted by atomic mass is 10.1. The van der Waals surface area contributed by atoms with Crippen LogP contribution in [0.3, 0.4) is 0 Å². The summed E-state index contributed by atoms with van der Waals surface area (Å²) in [6.07, 6.45) is 1.38. The van der Waals surface area contributed by atoms with Crippen molar-refractivity contribution in [2.24, 2.45) is 0 Å². The minimum absolute atomic E-state index is 0.0982. The molecule has 0 saturated heterocycles. The highest BCUT2D eigenvalue weighted by Gasteiger charge is 2.08. The molecule has 0 fully saturated rings. The molecule has 0 atom stereocenters. The van der Waals surface area contributed by atoms with E-state index in [-0.39, 0.29) is 6.61 Å². The SMILES string of the molecule is C=COCc1ccc(COC(=O)C(C)=O)cc1. The summed E-state index contributed by atoms with van der Waals surface area (Å²) < 4.78 is 9.80. The van der Waals surface area contributed by atoms with Crippen molar-refractivity contribution in [1.82, 2.24) is 0 Å². The Kier molecular flexibility index (Phi) is 4.94. The third-order valence-electron chi connectivity index (χ3n) is 2.05. The minimum atomic E-state index is -0.816. The molecule has 1 rings (SSSR count). The highest BCUT2D eigenvalue weighted by Crippen LogP contribution is 2.07. The van der Waals surface area contributed by atoms with Crippen molar-refractivity contribution in [2.45, 2.75) is 20.1 Å². The smallest absolute Gasteiger partial charge is 0.374 e. The summed E-state index contributed by atoms with van der Waals surface area (Å²) >= 11 is 0. The largest absolute Gasteiger partial charge is 0.497 e. The lowest BCUT2D eigenvalue weighted by Gasteiger charge is -2.04. The lowest BCUT2D eigenvalue weighted by molar-refractivity contribution is -0.153. The zero-order valence-corrected chi connectivity index (χ0v) is 9.64.